The van der Waals surface area contributed by atoms with Gasteiger partial charge in [0.05, 0.1) is 13.5 Å². The van der Waals surface area contributed by atoms with Crippen molar-refractivity contribution in [3.05, 3.63) is 40.0 Å². The molecule has 0 saturated heterocycles. The van der Waals surface area contributed by atoms with Crippen LogP contribution in [0.25, 0.3) is 0 Å². The van der Waals surface area contributed by atoms with Crippen molar-refractivity contribution in [2.75, 3.05) is 7.11 Å². The fourth-order valence-corrected chi connectivity index (χ4v) is 2.04. The van der Waals surface area contributed by atoms with Gasteiger partial charge in [-0.2, -0.15) is 0 Å². The monoisotopic (exact) mass is 322 g/mol. The normalized spacial score (nSPS) is 12.3. The van der Waals surface area contributed by atoms with E-state index in [-0.39, 0.29) is 36.0 Å². The topological polar surface area (TPSA) is 93.8 Å². The summed E-state index contributed by atoms with van der Waals surface area (Å²) < 4.78 is 9.67. The Morgan fingerprint density at radius 3 is 2.65 bits per heavy atom. The zero-order chi connectivity index (χ0) is 17.4. The minimum Gasteiger partial charge on any atom is -0.507 e. The molecule has 1 rings (SSSR count). The molecule has 0 bridgehead atoms. The van der Waals surface area contributed by atoms with Crippen molar-refractivity contribution in [1.29, 1.82) is 0 Å². The second kappa shape index (κ2) is 8.92. The van der Waals surface area contributed by atoms with Crippen molar-refractivity contribution in [3.63, 3.8) is 0 Å². The summed E-state index contributed by atoms with van der Waals surface area (Å²) in [7, 11) is 1.33. The van der Waals surface area contributed by atoms with E-state index in [4.69, 9.17) is 4.42 Å². The van der Waals surface area contributed by atoms with E-state index in [1.54, 1.807) is 13.0 Å². The van der Waals surface area contributed by atoms with Gasteiger partial charge in [-0.15, -0.1) is 0 Å². The lowest BCUT2D eigenvalue weighted by Gasteiger charge is -2.10. The number of esters is 1. The van der Waals surface area contributed by atoms with Gasteiger partial charge in [-0.1, -0.05) is 26.0 Å². The predicted molar refractivity (Wildman–Crippen MR) is 84.7 cm³/mol. The van der Waals surface area contributed by atoms with Crippen molar-refractivity contribution < 1.29 is 23.8 Å². The highest BCUT2D eigenvalue weighted by Gasteiger charge is 2.19. The van der Waals surface area contributed by atoms with E-state index >= 15 is 0 Å². The van der Waals surface area contributed by atoms with Gasteiger partial charge >= 0.3 is 11.6 Å². The minimum atomic E-state index is -0.806. The molecule has 1 unspecified atom stereocenters. The lowest BCUT2D eigenvalue weighted by Crippen LogP contribution is -2.15. The first-order valence-electron chi connectivity index (χ1n) is 7.52. The molecule has 0 spiro atoms. The van der Waals surface area contributed by atoms with E-state index in [1.165, 1.54) is 13.2 Å². The van der Waals surface area contributed by atoms with Crippen LogP contribution in [0.2, 0.25) is 0 Å². The Morgan fingerprint density at radius 1 is 1.39 bits per heavy atom. The molecule has 0 saturated carbocycles. The molecule has 0 aliphatic rings. The Bertz CT molecular complexity index is 641. The maximum Gasteiger partial charge on any atom is 0.350 e. The molecule has 1 N–H and O–H groups in total. The molecule has 0 aromatic carbocycles. The highest BCUT2D eigenvalue weighted by atomic mass is 16.5. The van der Waals surface area contributed by atoms with E-state index in [2.05, 4.69) is 4.74 Å². The van der Waals surface area contributed by atoms with Gasteiger partial charge in [0.1, 0.15) is 17.1 Å². The third-order valence-corrected chi connectivity index (χ3v) is 3.48. The second-order valence-corrected chi connectivity index (χ2v) is 5.20. The Kier molecular flexibility index (Phi) is 7.25. The standard InChI is InChI=1S/C17H22O6/c1-4-12(18)16-13(19)10-14(23-17(16)21)11(2)8-6-5-7-9-15(20)22-3/h5,7,10-11,19H,4,6,8-9H2,1-3H3/b7-5+. The first kappa shape index (κ1) is 18.7. The Balaban J connectivity index is 2.71. The number of ketones is 1. The molecule has 0 aliphatic carbocycles. The molecule has 23 heavy (non-hydrogen) atoms. The van der Waals surface area contributed by atoms with Gasteiger partial charge < -0.3 is 14.3 Å². The van der Waals surface area contributed by atoms with Crippen LogP contribution < -0.4 is 5.63 Å². The summed E-state index contributed by atoms with van der Waals surface area (Å²) in [5.74, 6) is -0.859. The van der Waals surface area contributed by atoms with Crippen LogP contribution in [0.3, 0.4) is 0 Å². The van der Waals surface area contributed by atoms with E-state index < -0.39 is 11.4 Å². The summed E-state index contributed by atoms with van der Waals surface area (Å²) in [6.07, 6.45) is 5.25. The van der Waals surface area contributed by atoms with Crippen molar-refractivity contribution in [3.8, 4) is 5.75 Å². The van der Waals surface area contributed by atoms with Gasteiger partial charge in [0.15, 0.2) is 5.78 Å². The minimum absolute atomic E-state index is 0.109. The Labute approximate surface area is 134 Å². The number of allylic oxidation sites excluding steroid dienone is 1. The summed E-state index contributed by atoms with van der Waals surface area (Å²) >= 11 is 0. The third-order valence-electron chi connectivity index (χ3n) is 3.48. The van der Waals surface area contributed by atoms with E-state index in [1.807, 2.05) is 13.0 Å². The van der Waals surface area contributed by atoms with Crippen LogP contribution in [-0.2, 0) is 9.53 Å². The molecule has 0 aliphatic heterocycles. The van der Waals surface area contributed by atoms with Gasteiger partial charge in [-0.05, 0) is 12.8 Å². The SMILES string of the molecule is CCC(=O)c1c(O)cc(C(C)CC/C=C/CC(=O)OC)oc1=O. The zero-order valence-electron chi connectivity index (χ0n) is 13.6. The van der Waals surface area contributed by atoms with E-state index in [0.717, 1.165) is 0 Å². The summed E-state index contributed by atoms with van der Waals surface area (Å²) in [6, 6.07) is 1.33. The van der Waals surface area contributed by atoms with Gasteiger partial charge in [0.25, 0.3) is 0 Å². The molecule has 0 radical (unpaired) electrons. The number of hydrogen-bond donors (Lipinski definition) is 1. The first-order chi connectivity index (χ1) is 10.9. The molecule has 1 aromatic heterocycles. The Hall–Kier alpha value is -2.37. The average Bonchev–Trinajstić information content (AvgIpc) is 2.52. The third kappa shape index (κ3) is 5.39. The number of carbonyl (C=O) groups is 2. The summed E-state index contributed by atoms with van der Waals surface area (Å²) in [4.78, 5) is 34.4. The summed E-state index contributed by atoms with van der Waals surface area (Å²) in [6.45, 7) is 3.46. The fraction of sp³-hybridized carbons (Fsp3) is 0.471. The fourth-order valence-electron chi connectivity index (χ4n) is 2.04. The van der Waals surface area contributed by atoms with Crippen LogP contribution in [-0.4, -0.2) is 24.0 Å². The van der Waals surface area contributed by atoms with Crippen LogP contribution in [0.4, 0.5) is 0 Å². The van der Waals surface area contributed by atoms with E-state index in [0.29, 0.717) is 18.6 Å². The molecule has 6 nitrogen and oxygen atoms in total. The summed E-state index contributed by atoms with van der Waals surface area (Å²) in [5.41, 5.74) is -1.10. The second-order valence-electron chi connectivity index (χ2n) is 5.20. The zero-order valence-corrected chi connectivity index (χ0v) is 13.6. The lowest BCUT2D eigenvalue weighted by atomic mass is 10.0. The van der Waals surface area contributed by atoms with E-state index in [9.17, 15) is 19.5 Å². The molecule has 1 aromatic rings. The maximum absolute atomic E-state index is 11.8. The van der Waals surface area contributed by atoms with Crippen LogP contribution in [0, 0.1) is 0 Å². The Morgan fingerprint density at radius 2 is 2.09 bits per heavy atom. The number of methoxy groups -OCH3 is 1. The van der Waals surface area contributed by atoms with Gasteiger partial charge in [0.2, 0.25) is 0 Å². The molecule has 1 atom stereocenters. The predicted octanol–water partition coefficient (Wildman–Crippen LogP) is 2.94. The average molecular weight is 322 g/mol. The molecular weight excluding hydrogens is 300 g/mol. The quantitative estimate of drug-likeness (QED) is 0.449. The van der Waals surface area contributed by atoms with Crippen molar-refractivity contribution in [2.45, 2.75) is 45.4 Å². The number of rotatable bonds is 8. The highest BCUT2D eigenvalue weighted by Crippen LogP contribution is 2.25. The first-order valence-corrected chi connectivity index (χ1v) is 7.52. The van der Waals surface area contributed by atoms with Gasteiger partial charge in [0, 0.05) is 18.4 Å². The molecule has 0 fully saturated rings. The van der Waals surface area contributed by atoms with Crippen LogP contribution in [0.5, 0.6) is 5.75 Å². The number of ether oxygens (including phenoxy) is 1. The maximum atomic E-state index is 11.8. The summed E-state index contributed by atoms with van der Waals surface area (Å²) in [5, 5.41) is 9.87. The van der Waals surface area contributed by atoms with Gasteiger partial charge in [-0.25, -0.2) is 4.79 Å². The largest absolute Gasteiger partial charge is 0.507 e. The van der Waals surface area contributed by atoms with Gasteiger partial charge in [-0.3, -0.25) is 9.59 Å². The van der Waals surface area contributed by atoms with Crippen molar-refractivity contribution in [2.24, 2.45) is 0 Å². The number of Topliss-reactive ketones (excluding diaryl/α,β-unsaturated/α-hetero) is 1. The molecular formula is C17H22O6. The van der Waals surface area contributed by atoms with Crippen LogP contribution in [0.1, 0.15) is 61.6 Å². The smallest absolute Gasteiger partial charge is 0.350 e. The highest BCUT2D eigenvalue weighted by molar-refractivity contribution is 5.97. The lowest BCUT2D eigenvalue weighted by molar-refractivity contribution is -0.139. The number of aromatic hydroxyl groups is 1. The van der Waals surface area contributed by atoms with Crippen LogP contribution in [0.15, 0.2) is 27.4 Å². The molecule has 0 amide bonds. The number of carbonyl (C=O) groups excluding carboxylic acids is 2. The number of hydrogen-bond acceptors (Lipinski definition) is 6. The van der Waals surface area contributed by atoms with Crippen molar-refractivity contribution >= 4 is 11.8 Å². The van der Waals surface area contributed by atoms with Crippen molar-refractivity contribution in [1.82, 2.24) is 0 Å². The molecule has 6 heteroatoms. The molecule has 126 valence electrons. The van der Waals surface area contributed by atoms with Crippen LogP contribution >= 0.6 is 0 Å². The molecule has 1 heterocycles.